The minimum Gasteiger partial charge on any atom is -0.497 e. The van der Waals surface area contributed by atoms with Crippen LogP contribution in [-0.4, -0.2) is 24.1 Å². The Hall–Kier alpha value is -0.870. The summed E-state index contributed by atoms with van der Waals surface area (Å²) in [7, 11) is 1.58. The predicted molar refractivity (Wildman–Crippen MR) is 65.7 cm³/mol. The Morgan fingerprint density at radius 2 is 2.25 bits per heavy atom. The fourth-order valence-corrected chi connectivity index (χ4v) is 1.73. The molecule has 0 bridgehead atoms. The van der Waals surface area contributed by atoms with E-state index in [-0.39, 0.29) is 12.2 Å². The highest BCUT2D eigenvalue weighted by molar-refractivity contribution is 9.10. The summed E-state index contributed by atoms with van der Waals surface area (Å²) in [5, 5.41) is 9.41. The zero-order valence-corrected chi connectivity index (χ0v) is 11.0. The van der Waals surface area contributed by atoms with Crippen LogP contribution in [-0.2, 0) is 11.2 Å². The Kier molecular flexibility index (Phi) is 4.96. The minimum atomic E-state index is -0.877. The van der Waals surface area contributed by atoms with Gasteiger partial charge in [0.05, 0.1) is 7.11 Å². The number of ketones is 1. The first-order valence-electron chi connectivity index (χ1n) is 5.11. The fourth-order valence-electron chi connectivity index (χ4n) is 1.35. The lowest BCUT2D eigenvalue weighted by Crippen LogP contribution is -2.21. The largest absolute Gasteiger partial charge is 0.497 e. The molecule has 0 saturated heterocycles. The summed E-state index contributed by atoms with van der Waals surface area (Å²) in [5.41, 5.74) is 0.830. The molecule has 1 rings (SSSR count). The van der Waals surface area contributed by atoms with Crippen LogP contribution in [0.1, 0.15) is 18.9 Å². The number of carbonyl (C=O) groups excluding carboxylic acids is 1. The van der Waals surface area contributed by atoms with Gasteiger partial charge in [0.1, 0.15) is 11.9 Å². The molecule has 0 amide bonds. The zero-order valence-electron chi connectivity index (χ0n) is 9.37. The van der Waals surface area contributed by atoms with Crippen LogP contribution in [0.15, 0.2) is 22.7 Å². The normalized spacial score (nSPS) is 12.2. The Morgan fingerprint density at radius 3 is 2.81 bits per heavy atom. The average molecular weight is 287 g/mol. The molecule has 1 N–H and O–H groups in total. The zero-order chi connectivity index (χ0) is 12.1. The van der Waals surface area contributed by atoms with Gasteiger partial charge in [0.25, 0.3) is 0 Å². The Balaban J connectivity index is 2.83. The van der Waals surface area contributed by atoms with Gasteiger partial charge < -0.3 is 9.84 Å². The maximum atomic E-state index is 11.6. The van der Waals surface area contributed by atoms with Gasteiger partial charge in [0.2, 0.25) is 0 Å². The van der Waals surface area contributed by atoms with Crippen molar-refractivity contribution in [1.82, 2.24) is 0 Å². The van der Waals surface area contributed by atoms with Crippen molar-refractivity contribution in [3.63, 3.8) is 0 Å². The lowest BCUT2D eigenvalue weighted by molar-refractivity contribution is -0.126. The molecule has 4 heteroatoms. The molecule has 0 heterocycles. The van der Waals surface area contributed by atoms with Crippen LogP contribution in [0.5, 0.6) is 5.75 Å². The van der Waals surface area contributed by atoms with Gasteiger partial charge >= 0.3 is 0 Å². The van der Waals surface area contributed by atoms with Crippen LogP contribution in [0.25, 0.3) is 0 Å². The van der Waals surface area contributed by atoms with Gasteiger partial charge in [-0.3, -0.25) is 4.79 Å². The molecule has 1 unspecified atom stereocenters. The molecular weight excluding hydrogens is 272 g/mol. The molecular formula is C12H15BrO3. The van der Waals surface area contributed by atoms with Crippen molar-refractivity contribution < 1.29 is 14.6 Å². The lowest BCUT2D eigenvalue weighted by Gasteiger charge is -2.09. The Morgan fingerprint density at radius 1 is 1.56 bits per heavy atom. The smallest absolute Gasteiger partial charge is 0.165 e. The molecule has 3 nitrogen and oxygen atoms in total. The van der Waals surface area contributed by atoms with E-state index in [1.54, 1.807) is 20.1 Å². The number of methoxy groups -OCH3 is 1. The van der Waals surface area contributed by atoms with Crippen LogP contribution < -0.4 is 4.74 Å². The van der Waals surface area contributed by atoms with E-state index in [0.29, 0.717) is 12.2 Å². The second-order valence-electron chi connectivity index (χ2n) is 3.52. The highest BCUT2D eigenvalue weighted by Crippen LogP contribution is 2.23. The van der Waals surface area contributed by atoms with E-state index in [1.807, 2.05) is 12.1 Å². The van der Waals surface area contributed by atoms with Crippen molar-refractivity contribution in [2.24, 2.45) is 0 Å². The number of aliphatic hydroxyl groups excluding tert-OH is 1. The van der Waals surface area contributed by atoms with E-state index in [2.05, 4.69) is 15.9 Å². The number of halogens is 1. The highest BCUT2D eigenvalue weighted by atomic mass is 79.9. The molecule has 0 aliphatic carbocycles. The van der Waals surface area contributed by atoms with E-state index in [9.17, 15) is 9.90 Å². The third kappa shape index (κ3) is 3.32. The van der Waals surface area contributed by atoms with E-state index in [0.717, 1.165) is 10.0 Å². The first-order valence-corrected chi connectivity index (χ1v) is 5.91. The molecule has 1 atom stereocenters. The van der Waals surface area contributed by atoms with Crippen LogP contribution in [0, 0.1) is 0 Å². The molecule has 0 saturated carbocycles. The summed E-state index contributed by atoms with van der Waals surface area (Å²) in [6.07, 6.45) is -0.217. The molecule has 0 radical (unpaired) electrons. The average Bonchev–Trinajstić information content (AvgIpc) is 2.30. The number of rotatable bonds is 5. The molecule has 0 aliphatic heterocycles. The van der Waals surface area contributed by atoms with Crippen molar-refractivity contribution in [1.29, 1.82) is 0 Å². The number of carbonyl (C=O) groups is 1. The first-order chi connectivity index (χ1) is 7.58. The van der Waals surface area contributed by atoms with E-state index in [1.165, 1.54) is 0 Å². The summed E-state index contributed by atoms with van der Waals surface area (Å²) in [6, 6.07) is 5.44. The summed E-state index contributed by atoms with van der Waals surface area (Å²) < 4.78 is 5.94. The highest BCUT2D eigenvalue weighted by Gasteiger charge is 2.15. The van der Waals surface area contributed by atoms with Gasteiger partial charge in [-0.15, -0.1) is 0 Å². The molecule has 0 aliphatic rings. The van der Waals surface area contributed by atoms with Crippen LogP contribution in [0.3, 0.4) is 0 Å². The molecule has 1 aromatic rings. The molecule has 1 aromatic carbocycles. The predicted octanol–water partition coefficient (Wildman–Crippen LogP) is 2.34. The van der Waals surface area contributed by atoms with E-state index >= 15 is 0 Å². The maximum absolute atomic E-state index is 11.6. The minimum absolute atomic E-state index is 0.170. The van der Waals surface area contributed by atoms with Gasteiger partial charge in [-0.05, 0) is 30.2 Å². The molecule has 0 aromatic heterocycles. The quantitative estimate of drug-likeness (QED) is 0.904. The standard InChI is InChI=1S/C12H15BrO3/c1-3-11(14)12(15)7-8-6-9(16-2)4-5-10(8)13/h4-6,11,14H,3,7H2,1-2H3. The summed E-state index contributed by atoms with van der Waals surface area (Å²) in [5.74, 6) is 0.536. The summed E-state index contributed by atoms with van der Waals surface area (Å²) in [6.45, 7) is 1.78. The van der Waals surface area contributed by atoms with Gasteiger partial charge in [-0.25, -0.2) is 0 Å². The fraction of sp³-hybridized carbons (Fsp3) is 0.417. The topological polar surface area (TPSA) is 46.5 Å². The van der Waals surface area contributed by atoms with Crippen LogP contribution in [0.4, 0.5) is 0 Å². The van der Waals surface area contributed by atoms with Crippen molar-refractivity contribution in [2.45, 2.75) is 25.9 Å². The number of Topliss-reactive ketones (excluding diaryl/α,β-unsaturated/α-hetero) is 1. The monoisotopic (exact) mass is 286 g/mol. The van der Waals surface area contributed by atoms with Gasteiger partial charge in [0, 0.05) is 10.9 Å². The molecule has 0 fully saturated rings. The number of hydrogen-bond donors (Lipinski definition) is 1. The summed E-state index contributed by atoms with van der Waals surface area (Å²) >= 11 is 3.37. The van der Waals surface area contributed by atoms with E-state index < -0.39 is 6.10 Å². The number of ether oxygens (including phenoxy) is 1. The summed E-state index contributed by atoms with van der Waals surface area (Å²) in [4.78, 5) is 11.6. The maximum Gasteiger partial charge on any atom is 0.165 e. The SMILES string of the molecule is CCC(O)C(=O)Cc1cc(OC)ccc1Br. The Labute approximate surface area is 104 Å². The number of aliphatic hydroxyl groups is 1. The van der Waals surface area contributed by atoms with Crippen molar-refractivity contribution in [3.05, 3.63) is 28.2 Å². The van der Waals surface area contributed by atoms with Crippen molar-refractivity contribution in [2.75, 3.05) is 7.11 Å². The second kappa shape index (κ2) is 6.01. The number of benzene rings is 1. The Bertz CT molecular complexity index is 377. The third-order valence-corrected chi connectivity index (χ3v) is 3.15. The van der Waals surface area contributed by atoms with Crippen LogP contribution in [0.2, 0.25) is 0 Å². The van der Waals surface area contributed by atoms with E-state index in [4.69, 9.17) is 4.74 Å². The second-order valence-corrected chi connectivity index (χ2v) is 4.38. The third-order valence-electron chi connectivity index (χ3n) is 2.38. The lowest BCUT2D eigenvalue weighted by atomic mass is 10.0. The van der Waals surface area contributed by atoms with Gasteiger partial charge in [-0.2, -0.15) is 0 Å². The molecule has 0 spiro atoms. The van der Waals surface area contributed by atoms with Crippen LogP contribution >= 0.6 is 15.9 Å². The van der Waals surface area contributed by atoms with Crippen molar-refractivity contribution in [3.8, 4) is 5.75 Å². The first kappa shape index (κ1) is 13.2. The van der Waals surface area contributed by atoms with Gasteiger partial charge in [-0.1, -0.05) is 22.9 Å². The van der Waals surface area contributed by atoms with Crippen molar-refractivity contribution >= 4 is 21.7 Å². The molecule has 16 heavy (non-hydrogen) atoms. The van der Waals surface area contributed by atoms with Gasteiger partial charge in [0.15, 0.2) is 5.78 Å². The molecule has 88 valence electrons. The number of hydrogen-bond acceptors (Lipinski definition) is 3.